The number of phenolic OH excluding ortho intramolecular Hbond substituents is 1. The maximum Gasteiger partial charge on any atom is 0.341 e. The molecule has 0 amide bonds. The van der Waals surface area contributed by atoms with Crippen molar-refractivity contribution in [1.29, 1.82) is 0 Å². The SMILES string of the molecule is CCOC(=O)c1c(/N=C/c2cc(Cl)cc(Cl)c2O)sc2c1CCC2. The summed E-state index contributed by atoms with van der Waals surface area (Å²) in [7, 11) is 0. The number of hydrogen-bond acceptors (Lipinski definition) is 5. The van der Waals surface area contributed by atoms with Crippen LogP contribution in [0.5, 0.6) is 5.75 Å². The minimum Gasteiger partial charge on any atom is -0.506 e. The minimum atomic E-state index is -0.350. The van der Waals surface area contributed by atoms with Crippen LogP contribution in [0.2, 0.25) is 10.0 Å². The third-order valence-corrected chi connectivity index (χ3v) is 5.47. The highest BCUT2D eigenvalue weighted by Gasteiger charge is 2.27. The van der Waals surface area contributed by atoms with E-state index in [-0.39, 0.29) is 16.7 Å². The van der Waals surface area contributed by atoms with Gasteiger partial charge in [0.05, 0.1) is 17.2 Å². The fourth-order valence-corrected chi connectivity index (χ4v) is 4.44. The molecule has 7 heteroatoms. The highest BCUT2D eigenvalue weighted by atomic mass is 35.5. The van der Waals surface area contributed by atoms with E-state index in [1.807, 2.05) is 0 Å². The number of aryl methyl sites for hydroxylation is 1. The second-order valence-corrected chi connectivity index (χ2v) is 7.27. The molecule has 24 heavy (non-hydrogen) atoms. The van der Waals surface area contributed by atoms with Crippen molar-refractivity contribution < 1.29 is 14.6 Å². The summed E-state index contributed by atoms with van der Waals surface area (Å²) in [5.41, 5.74) is 1.98. The Kier molecular flexibility index (Phi) is 5.13. The van der Waals surface area contributed by atoms with E-state index in [0.29, 0.717) is 27.8 Å². The number of benzene rings is 1. The van der Waals surface area contributed by atoms with Crippen LogP contribution in [0.3, 0.4) is 0 Å². The van der Waals surface area contributed by atoms with Crippen molar-refractivity contribution in [3.05, 3.63) is 43.7 Å². The Morgan fingerprint density at radius 2 is 2.21 bits per heavy atom. The van der Waals surface area contributed by atoms with Gasteiger partial charge in [0.25, 0.3) is 0 Å². The monoisotopic (exact) mass is 383 g/mol. The van der Waals surface area contributed by atoms with Gasteiger partial charge in [-0.3, -0.25) is 0 Å². The number of halogens is 2. The normalized spacial score (nSPS) is 13.5. The molecule has 1 N–H and O–H groups in total. The van der Waals surface area contributed by atoms with Gasteiger partial charge >= 0.3 is 5.97 Å². The molecule has 126 valence electrons. The molecule has 1 heterocycles. The molecular weight excluding hydrogens is 369 g/mol. The maximum absolute atomic E-state index is 12.3. The van der Waals surface area contributed by atoms with Gasteiger partial charge in [0.1, 0.15) is 10.8 Å². The van der Waals surface area contributed by atoms with E-state index in [1.54, 1.807) is 13.0 Å². The highest BCUT2D eigenvalue weighted by Crippen LogP contribution is 2.41. The number of thiophene rings is 1. The number of ether oxygens (including phenoxy) is 1. The first-order valence-electron chi connectivity index (χ1n) is 7.55. The van der Waals surface area contributed by atoms with Gasteiger partial charge < -0.3 is 9.84 Å². The molecule has 2 aromatic rings. The van der Waals surface area contributed by atoms with Crippen LogP contribution in [0, 0.1) is 0 Å². The summed E-state index contributed by atoms with van der Waals surface area (Å²) in [5, 5.41) is 11.2. The van der Waals surface area contributed by atoms with E-state index in [1.165, 1.54) is 28.5 Å². The molecule has 1 aliphatic carbocycles. The van der Waals surface area contributed by atoms with Crippen LogP contribution in [-0.2, 0) is 17.6 Å². The zero-order chi connectivity index (χ0) is 17.3. The molecule has 0 radical (unpaired) electrons. The minimum absolute atomic E-state index is 0.0911. The number of phenols is 1. The molecule has 4 nitrogen and oxygen atoms in total. The van der Waals surface area contributed by atoms with E-state index in [0.717, 1.165) is 24.8 Å². The lowest BCUT2D eigenvalue weighted by Crippen LogP contribution is -2.06. The first kappa shape index (κ1) is 17.3. The summed E-state index contributed by atoms with van der Waals surface area (Å²) >= 11 is 13.4. The Labute approximate surface area is 153 Å². The summed E-state index contributed by atoms with van der Waals surface area (Å²) < 4.78 is 5.17. The van der Waals surface area contributed by atoms with E-state index < -0.39 is 0 Å². The van der Waals surface area contributed by atoms with Crippen LogP contribution in [-0.4, -0.2) is 23.9 Å². The highest BCUT2D eigenvalue weighted by molar-refractivity contribution is 7.16. The zero-order valence-corrected chi connectivity index (χ0v) is 15.3. The van der Waals surface area contributed by atoms with Gasteiger partial charge in [-0.05, 0) is 43.9 Å². The lowest BCUT2D eigenvalue weighted by Gasteiger charge is -2.04. The van der Waals surface area contributed by atoms with Gasteiger partial charge in [-0.25, -0.2) is 9.79 Å². The topological polar surface area (TPSA) is 58.9 Å². The second kappa shape index (κ2) is 7.13. The second-order valence-electron chi connectivity index (χ2n) is 5.34. The number of carbonyl (C=O) groups is 1. The average molecular weight is 384 g/mol. The fourth-order valence-electron chi connectivity index (χ4n) is 2.71. The molecule has 0 atom stereocenters. The van der Waals surface area contributed by atoms with Crippen LogP contribution in [0.4, 0.5) is 5.00 Å². The van der Waals surface area contributed by atoms with Gasteiger partial charge in [-0.1, -0.05) is 23.2 Å². The molecule has 0 aliphatic heterocycles. The van der Waals surface area contributed by atoms with Gasteiger partial charge in [-0.15, -0.1) is 11.3 Å². The Bertz CT molecular complexity index is 830. The van der Waals surface area contributed by atoms with Crippen molar-refractivity contribution in [2.24, 2.45) is 4.99 Å². The average Bonchev–Trinajstić information content (AvgIpc) is 3.09. The van der Waals surface area contributed by atoms with Crippen LogP contribution < -0.4 is 0 Å². The van der Waals surface area contributed by atoms with Crippen molar-refractivity contribution in [1.82, 2.24) is 0 Å². The Morgan fingerprint density at radius 1 is 1.42 bits per heavy atom. The number of nitrogens with zero attached hydrogens (tertiary/aromatic N) is 1. The standard InChI is InChI=1S/C17H15Cl2NO3S/c1-2-23-17(22)14-11-4-3-5-13(11)24-16(14)20-8-9-6-10(18)7-12(19)15(9)21/h6-8,21H,2-5H2,1H3/b20-8+. The van der Waals surface area contributed by atoms with Crippen LogP contribution in [0.25, 0.3) is 0 Å². The molecule has 1 aromatic carbocycles. The van der Waals surface area contributed by atoms with Crippen molar-refractivity contribution in [3.8, 4) is 5.75 Å². The predicted molar refractivity (Wildman–Crippen MR) is 97.7 cm³/mol. The van der Waals surface area contributed by atoms with E-state index in [2.05, 4.69) is 4.99 Å². The molecule has 1 aliphatic rings. The molecule has 0 spiro atoms. The molecule has 1 aromatic heterocycles. The Morgan fingerprint density at radius 3 is 2.96 bits per heavy atom. The third-order valence-electron chi connectivity index (χ3n) is 3.76. The Balaban J connectivity index is 2.00. The van der Waals surface area contributed by atoms with Crippen LogP contribution >= 0.6 is 34.5 Å². The smallest absolute Gasteiger partial charge is 0.341 e. The number of aliphatic imine (C=N–C) groups is 1. The van der Waals surface area contributed by atoms with Gasteiger partial charge in [-0.2, -0.15) is 0 Å². The van der Waals surface area contributed by atoms with Crippen LogP contribution in [0.1, 0.15) is 39.7 Å². The van der Waals surface area contributed by atoms with E-state index in [4.69, 9.17) is 27.9 Å². The molecule has 0 fully saturated rings. The molecular formula is C17H15Cl2NO3S. The van der Waals surface area contributed by atoms with Crippen molar-refractivity contribution >= 4 is 51.7 Å². The molecule has 3 rings (SSSR count). The van der Waals surface area contributed by atoms with Crippen molar-refractivity contribution in [2.45, 2.75) is 26.2 Å². The quantitative estimate of drug-likeness (QED) is 0.584. The zero-order valence-electron chi connectivity index (χ0n) is 12.9. The van der Waals surface area contributed by atoms with E-state index >= 15 is 0 Å². The van der Waals surface area contributed by atoms with Gasteiger partial charge in [0, 0.05) is 21.7 Å². The summed E-state index contributed by atoms with van der Waals surface area (Å²) in [4.78, 5) is 17.9. The largest absolute Gasteiger partial charge is 0.506 e. The molecule has 0 bridgehead atoms. The van der Waals surface area contributed by atoms with E-state index in [9.17, 15) is 9.90 Å². The van der Waals surface area contributed by atoms with Gasteiger partial charge in [0.2, 0.25) is 0 Å². The maximum atomic E-state index is 12.3. The third kappa shape index (κ3) is 3.29. The number of esters is 1. The lowest BCUT2D eigenvalue weighted by molar-refractivity contribution is 0.0527. The van der Waals surface area contributed by atoms with Gasteiger partial charge in [0.15, 0.2) is 0 Å². The number of rotatable bonds is 4. The van der Waals surface area contributed by atoms with Crippen molar-refractivity contribution in [2.75, 3.05) is 6.61 Å². The number of hydrogen-bond donors (Lipinski definition) is 1. The summed E-state index contributed by atoms with van der Waals surface area (Å²) in [6.45, 7) is 2.09. The first-order valence-corrected chi connectivity index (χ1v) is 9.12. The molecule has 0 saturated heterocycles. The number of carbonyl (C=O) groups excluding carboxylic acids is 1. The van der Waals surface area contributed by atoms with Crippen molar-refractivity contribution in [3.63, 3.8) is 0 Å². The summed E-state index contributed by atoms with van der Waals surface area (Å²) in [6, 6.07) is 3.02. The molecule has 0 saturated carbocycles. The number of aromatic hydroxyl groups is 1. The summed E-state index contributed by atoms with van der Waals surface area (Å²) in [6.07, 6.45) is 4.33. The fraction of sp³-hybridized carbons (Fsp3) is 0.294. The number of fused-ring (bicyclic) bond motifs is 1. The summed E-state index contributed by atoms with van der Waals surface area (Å²) in [5.74, 6) is -0.441. The lowest BCUT2D eigenvalue weighted by atomic mass is 10.1. The van der Waals surface area contributed by atoms with Crippen LogP contribution in [0.15, 0.2) is 17.1 Å². The molecule has 0 unspecified atom stereocenters. The Hall–Kier alpha value is -1.56. The first-order chi connectivity index (χ1) is 11.5. The predicted octanol–water partition coefficient (Wildman–Crippen LogP) is 5.18.